The summed E-state index contributed by atoms with van der Waals surface area (Å²) in [6, 6.07) is 40.0. The summed E-state index contributed by atoms with van der Waals surface area (Å²) in [7, 11) is 13.5. The zero-order valence-electron chi connectivity index (χ0n) is 54.0. The van der Waals surface area contributed by atoms with Crippen LogP contribution in [0.3, 0.4) is 0 Å². The Morgan fingerprint density at radius 2 is 0.750 bits per heavy atom. The van der Waals surface area contributed by atoms with E-state index in [1.165, 1.54) is 40.7 Å². The number of nitrogens with zero attached hydrogens (tertiary/aromatic N) is 13. The zero-order chi connectivity index (χ0) is 69.2. The van der Waals surface area contributed by atoms with Crippen LogP contribution in [0.1, 0.15) is 47.8 Å². The quantitative estimate of drug-likeness (QED) is 0.0434. The van der Waals surface area contributed by atoms with Gasteiger partial charge < -0.3 is 52.8 Å². The standard InChI is InChI=1S/C24H23N7O2.C22H26N8O2.C20H19Cl2N7O2/c1-15-8-9-18(21(32)28-19-11-10-16-6-4-5-7-17(16)12-19)13-20(15)29-24(33)31(3)23-27-14-26-22(25-2)30-23;1-14-9-10-15(19(31)26-16-7-6-8-17(12-16)29(3)4)11-18(14)27-22(32)30(5)21-25-13-24-20(23-2)28-21;1-11-7-8-12(17(30)27-16-13(21)5-4-6-14(16)22)9-15(11)26-20(31)29(3)19-25-10-24-18(23-2)28-19/h4-14H,1-3H3,(H,28,32)(H,29,33)(H,25,26,27,30);6-13H,1-5H3,(H,26,31)(H,27,32)(H,23,24,25,28);4-10H,1-3H3,(H,26,31)(H,27,30)(H,23,24,25,28). The molecule has 28 nitrogen and oxygen atoms in total. The van der Waals surface area contributed by atoms with Gasteiger partial charge in [-0.2, -0.15) is 15.0 Å². The Morgan fingerprint density at radius 3 is 1.15 bits per heavy atom. The highest BCUT2D eigenvalue weighted by Gasteiger charge is 2.21. The van der Waals surface area contributed by atoms with Gasteiger partial charge in [-0.3, -0.25) is 29.1 Å². The van der Waals surface area contributed by atoms with E-state index in [2.05, 4.69) is 92.7 Å². The van der Waals surface area contributed by atoms with Crippen LogP contribution in [0.4, 0.5) is 89.9 Å². The number of carbonyl (C=O) groups excluding carboxylic acids is 6. The molecule has 0 unspecified atom stereocenters. The van der Waals surface area contributed by atoms with Gasteiger partial charge in [-0.05, 0) is 127 Å². The van der Waals surface area contributed by atoms with Gasteiger partial charge in [0.1, 0.15) is 19.0 Å². The Morgan fingerprint density at radius 1 is 0.375 bits per heavy atom. The molecule has 7 aromatic carbocycles. The van der Waals surface area contributed by atoms with Crippen molar-refractivity contribution in [2.45, 2.75) is 20.8 Å². The molecule has 0 saturated heterocycles. The second kappa shape index (κ2) is 32.4. The molecule has 0 bridgehead atoms. The Hall–Kier alpha value is -12.2. The lowest BCUT2D eigenvalue weighted by Gasteiger charge is -2.18. The fourth-order valence-electron chi connectivity index (χ4n) is 8.61. The number of fused-ring (bicyclic) bond motifs is 1. The Balaban J connectivity index is 0.000000184. The fraction of sp³-hybridized carbons (Fsp3) is 0.167. The highest BCUT2D eigenvalue weighted by molar-refractivity contribution is 6.40. The average Bonchev–Trinajstić information content (AvgIpc) is 0.888. The zero-order valence-corrected chi connectivity index (χ0v) is 55.5. The lowest BCUT2D eigenvalue weighted by atomic mass is 10.1. The van der Waals surface area contributed by atoms with Crippen molar-refractivity contribution in [1.29, 1.82) is 0 Å². The number of aryl methyl sites for hydroxylation is 3. The number of halogens is 2. The van der Waals surface area contributed by atoms with Crippen molar-refractivity contribution in [2.24, 2.45) is 0 Å². The summed E-state index contributed by atoms with van der Waals surface area (Å²) in [4.78, 5) is 119. The predicted molar refractivity (Wildman–Crippen MR) is 379 cm³/mol. The van der Waals surface area contributed by atoms with Gasteiger partial charge in [0.2, 0.25) is 35.7 Å². The maximum Gasteiger partial charge on any atom is 0.328 e. The molecular weight excluding hydrogens is 1270 g/mol. The van der Waals surface area contributed by atoms with Gasteiger partial charge >= 0.3 is 18.1 Å². The first-order valence-electron chi connectivity index (χ1n) is 29.2. The van der Waals surface area contributed by atoms with Crippen LogP contribution in [-0.2, 0) is 0 Å². The molecule has 0 aliphatic rings. The third kappa shape index (κ3) is 18.3. The van der Waals surface area contributed by atoms with Crippen molar-refractivity contribution in [3.8, 4) is 0 Å². The molecule has 492 valence electrons. The summed E-state index contributed by atoms with van der Waals surface area (Å²) >= 11 is 12.2. The molecule has 0 fully saturated rings. The number of carbonyl (C=O) groups is 6. The minimum absolute atomic E-state index is 0.164. The summed E-state index contributed by atoms with van der Waals surface area (Å²) < 4.78 is 0. The number of hydrogen-bond acceptors (Lipinski definition) is 19. The summed E-state index contributed by atoms with van der Waals surface area (Å²) in [5.41, 5.74) is 7.69. The van der Waals surface area contributed by atoms with Crippen molar-refractivity contribution in [3.05, 3.63) is 202 Å². The summed E-state index contributed by atoms with van der Waals surface area (Å²) in [5, 5.41) is 28.1. The highest BCUT2D eigenvalue weighted by atomic mass is 35.5. The molecule has 3 heterocycles. The molecular formula is C66H68Cl2N22O6. The van der Waals surface area contributed by atoms with E-state index in [1.807, 2.05) is 106 Å². The molecule has 0 saturated carbocycles. The lowest BCUT2D eigenvalue weighted by molar-refractivity contribution is 0.101. The van der Waals surface area contributed by atoms with E-state index < -0.39 is 24.0 Å². The molecule has 0 atom stereocenters. The van der Waals surface area contributed by atoms with Crippen LogP contribution in [0.15, 0.2) is 159 Å². The molecule has 30 heteroatoms. The third-order valence-electron chi connectivity index (χ3n) is 14.2. The van der Waals surface area contributed by atoms with Gasteiger partial charge in [0, 0.05) is 107 Å². The van der Waals surface area contributed by atoms with E-state index in [-0.39, 0.29) is 29.7 Å². The van der Waals surface area contributed by atoms with Gasteiger partial charge in [0.15, 0.2) is 0 Å². The number of para-hydroxylation sites is 1. The van der Waals surface area contributed by atoms with Gasteiger partial charge in [0.25, 0.3) is 17.7 Å². The van der Waals surface area contributed by atoms with Gasteiger partial charge in [-0.25, -0.2) is 44.3 Å². The first kappa shape index (κ1) is 69.7. The summed E-state index contributed by atoms with van der Waals surface area (Å²) in [6.07, 6.45) is 3.94. The Kier molecular flexibility index (Phi) is 23.5. The van der Waals surface area contributed by atoms with Gasteiger partial charge in [0.05, 0.1) is 15.7 Å². The van der Waals surface area contributed by atoms with Crippen LogP contribution in [0, 0.1) is 20.8 Å². The molecule has 10 rings (SSSR count). The van der Waals surface area contributed by atoms with Crippen molar-refractivity contribution >= 4 is 145 Å². The average molecular weight is 1340 g/mol. The number of benzene rings is 7. The van der Waals surface area contributed by atoms with E-state index in [9.17, 15) is 28.8 Å². The largest absolute Gasteiger partial charge is 0.378 e. The highest BCUT2D eigenvalue weighted by Crippen LogP contribution is 2.31. The van der Waals surface area contributed by atoms with Crippen LogP contribution in [0.2, 0.25) is 10.0 Å². The molecule has 96 heavy (non-hydrogen) atoms. The number of nitrogens with one attached hydrogen (secondary N) is 9. The topological polar surface area (TPSA) is 340 Å². The normalized spacial score (nSPS) is 10.4. The van der Waals surface area contributed by atoms with Crippen LogP contribution < -0.4 is 67.5 Å². The number of amides is 9. The summed E-state index contributed by atoms with van der Waals surface area (Å²) in [6.45, 7) is 5.51. The minimum atomic E-state index is -0.483. The minimum Gasteiger partial charge on any atom is -0.378 e. The van der Waals surface area contributed by atoms with Crippen LogP contribution in [0.25, 0.3) is 10.8 Å². The molecule has 0 spiro atoms. The molecule has 3 aromatic heterocycles. The number of hydrogen-bond donors (Lipinski definition) is 9. The van der Waals surface area contributed by atoms with Crippen molar-refractivity contribution in [3.63, 3.8) is 0 Å². The maximum absolute atomic E-state index is 12.9. The monoisotopic (exact) mass is 1330 g/mol. The predicted octanol–water partition coefficient (Wildman–Crippen LogP) is 12.0. The Bertz CT molecular complexity index is 4490. The Labute approximate surface area is 562 Å². The second-order valence-corrected chi connectivity index (χ2v) is 21.9. The molecule has 9 amide bonds. The van der Waals surface area contributed by atoms with Crippen molar-refractivity contribution in [2.75, 3.05) is 124 Å². The van der Waals surface area contributed by atoms with Crippen LogP contribution >= 0.6 is 23.2 Å². The van der Waals surface area contributed by atoms with Gasteiger partial charge in [-0.1, -0.05) is 83.9 Å². The van der Waals surface area contributed by atoms with Crippen molar-refractivity contribution in [1.82, 2.24) is 44.9 Å². The van der Waals surface area contributed by atoms with E-state index in [0.717, 1.165) is 33.2 Å². The second-order valence-electron chi connectivity index (χ2n) is 21.1. The van der Waals surface area contributed by atoms with E-state index in [0.29, 0.717) is 78.7 Å². The van der Waals surface area contributed by atoms with E-state index in [4.69, 9.17) is 23.2 Å². The first-order chi connectivity index (χ1) is 46.0. The first-order valence-corrected chi connectivity index (χ1v) is 30.0. The summed E-state index contributed by atoms with van der Waals surface area (Å²) in [5.74, 6) is 0.602. The lowest BCUT2D eigenvalue weighted by Crippen LogP contribution is -2.33. The number of aromatic nitrogens is 9. The SMILES string of the molecule is CNc1ncnc(N(C)C(=O)Nc2cc(C(=O)Nc3c(Cl)cccc3Cl)ccc2C)n1.CNc1ncnc(N(C)C(=O)Nc2cc(C(=O)Nc3ccc4ccccc4c3)ccc2C)n1.CNc1ncnc(N(C)C(=O)Nc2cc(C(=O)Nc3cccc(N(C)C)c3)ccc2C)n1. The van der Waals surface area contributed by atoms with Crippen molar-refractivity contribution < 1.29 is 28.8 Å². The molecule has 9 N–H and O–H groups in total. The molecule has 0 aliphatic heterocycles. The number of anilines is 13. The molecule has 0 aliphatic carbocycles. The smallest absolute Gasteiger partial charge is 0.328 e. The maximum atomic E-state index is 12.9. The van der Waals surface area contributed by atoms with Gasteiger partial charge in [-0.15, -0.1) is 0 Å². The van der Waals surface area contributed by atoms with Crippen LogP contribution in [0.5, 0.6) is 0 Å². The molecule has 0 radical (unpaired) electrons. The van der Waals surface area contributed by atoms with E-state index >= 15 is 0 Å². The van der Waals surface area contributed by atoms with E-state index in [1.54, 1.807) is 108 Å². The number of rotatable bonds is 16. The molecule has 10 aromatic rings. The fourth-order valence-corrected chi connectivity index (χ4v) is 9.10. The third-order valence-corrected chi connectivity index (χ3v) is 14.8. The number of urea groups is 3. The van der Waals surface area contributed by atoms with Crippen LogP contribution in [-0.4, -0.2) is 137 Å².